The lowest BCUT2D eigenvalue weighted by Gasteiger charge is -2.18. The summed E-state index contributed by atoms with van der Waals surface area (Å²) < 4.78 is 10.3. The number of nitrogens with zero attached hydrogens (tertiary/aromatic N) is 1. The highest BCUT2D eigenvalue weighted by Gasteiger charge is 2.40. The normalized spacial score (nSPS) is 13.7. The van der Waals surface area contributed by atoms with Gasteiger partial charge in [-0.05, 0) is 42.8 Å². The van der Waals surface area contributed by atoms with Crippen LogP contribution in [0.5, 0.6) is 5.75 Å². The third-order valence-electron chi connectivity index (χ3n) is 4.21. The van der Waals surface area contributed by atoms with Gasteiger partial charge in [-0.25, -0.2) is 9.69 Å². The molecule has 0 saturated carbocycles. The molecule has 1 N–H and O–H groups in total. The molecule has 0 unspecified atom stereocenters. The molecule has 1 aliphatic rings. The van der Waals surface area contributed by atoms with Crippen LogP contribution < -0.4 is 15.0 Å². The van der Waals surface area contributed by atoms with E-state index in [4.69, 9.17) is 32.7 Å². The molecule has 0 fully saturated rings. The molecule has 2 aromatic rings. The lowest BCUT2D eigenvalue weighted by atomic mass is 10.2. The summed E-state index contributed by atoms with van der Waals surface area (Å²) in [7, 11) is 1.41. The summed E-state index contributed by atoms with van der Waals surface area (Å²) in [6.45, 7) is 2.19. The van der Waals surface area contributed by atoms with Crippen molar-refractivity contribution < 1.29 is 23.9 Å². The minimum Gasteiger partial charge on any atom is -0.495 e. The standard InChI is InChI=1S/C21H18Cl2N2O5/c1-3-9-30-21(28)12-5-4-6-14(10-12)24-18-17(23)19(26)25(20(18)27)15-11-13(22)7-8-16(15)29-2/h4-8,10-11,24H,3,9H2,1-2H3. The summed E-state index contributed by atoms with van der Waals surface area (Å²) in [6, 6.07) is 10.9. The first kappa shape index (κ1) is 21.7. The summed E-state index contributed by atoms with van der Waals surface area (Å²) in [5.74, 6) is -1.60. The minimum atomic E-state index is -0.719. The minimum absolute atomic E-state index is 0.122. The molecule has 7 nitrogen and oxygen atoms in total. The first-order chi connectivity index (χ1) is 14.4. The number of hydrogen-bond donors (Lipinski definition) is 1. The molecule has 0 saturated heterocycles. The maximum absolute atomic E-state index is 13.0. The Hall–Kier alpha value is -3.03. The van der Waals surface area contributed by atoms with E-state index in [0.717, 1.165) is 4.90 Å². The van der Waals surface area contributed by atoms with Gasteiger partial charge in [-0.3, -0.25) is 9.59 Å². The molecule has 0 bridgehead atoms. The molecular weight excluding hydrogens is 431 g/mol. The Kier molecular flexibility index (Phi) is 6.64. The fourth-order valence-electron chi connectivity index (χ4n) is 2.81. The molecule has 2 amide bonds. The molecule has 0 atom stereocenters. The molecular formula is C21H18Cl2N2O5. The second-order valence-electron chi connectivity index (χ2n) is 6.29. The molecule has 1 aliphatic heterocycles. The van der Waals surface area contributed by atoms with Crippen LogP contribution in [0, 0.1) is 0 Å². The van der Waals surface area contributed by atoms with E-state index >= 15 is 0 Å². The number of esters is 1. The lowest BCUT2D eigenvalue weighted by Crippen LogP contribution is -2.32. The van der Waals surface area contributed by atoms with E-state index in [1.165, 1.54) is 19.2 Å². The number of amides is 2. The van der Waals surface area contributed by atoms with Crippen LogP contribution in [0.25, 0.3) is 0 Å². The number of rotatable bonds is 7. The van der Waals surface area contributed by atoms with Gasteiger partial charge in [0, 0.05) is 10.7 Å². The van der Waals surface area contributed by atoms with E-state index in [-0.39, 0.29) is 22.2 Å². The van der Waals surface area contributed by atoms with Crippen molar-refractivity contribution >= 4 is 52.4 Å². The van der Waals surface area contributed by atoms with Crippen molar-refractivity contribution in [1.29, 1.82) is 0 Å². The Balaban J connectivity index is 1.88. The maximum atomic E-state index is 13.0. The van der Waals surface area contributed by atoms with Gasteiger partial charge in [-0.15, -0.1) is 0 Å². The Labute approximate surface area is 183 Å². The van der Waals surface area contributed by atoms with Gasteiger partial charge in [0.15, 0.2) is 0 Å². The molecule has 9 heteroatoms. The van der Waals surface area contributed by atoms with Crippen molar-refractivity contribution in [2.45, 2.75) is 13.3 Å². The van der Waals surface area contributed by atoms with E-state index < -0.39 is 17.8 Å². The van der Waals surface area contributed by atoms with Crippen LogP contribution in [-0.4, -0.2) is 31.5 Å². The maximum Gasteiger partial charge on any atom is 0.338 e. The van der Waals surface area contributed by atoms with Crippen molar-refractivity contribution in [3.05, 3.63) is 63.8 Å². The molecule has 30 heavy (non-hydrogen) atoms. The number of carbonyl (C=O) groups is 3. The highest BCUT2D eigenvalue weighted by atomic mass is 35.5. The fourth-order valence-corrected chi connectivity index (χ4v) is 3.19. The van der Waals surface area contributed by atoms with Gasteiger partial charge in [0.1, 0.15) is 16.5 Å². The fraction of sp³-hybridized carbons (Fsp3) is 0.190. The zero-order chi connectivity index (χ0) is 21.8. The predicted octanol–water partition coefficient (Wildman–Crippen LogP) is 4.35. The van der Waals surface area contributed by atoms with Gasteiger partial charge in [-0.2, -0.15) is 0 Å². The number of anilines is 2. The highest BCUT2D eigenvalue weighted by molar-refractivity contribution is 6.53. The third kappa shape index (κ3) is 4.27. The van der Waals surface area contributed by atoms with Crippen LogP contribution in [0.15, 0.2) is 53.2 Å². The monoisotopic (exact) mass is 448 g/mol. The molecule has 0 aliphatic carbocycles. The van der Waals surface area contributed by atoms with Crippen LogP contribution in [0.3, 0.4) is 0 Å². The van der Waals surface area contributed by atoms with Crippen LogP contribution in [-0.2, 0) is 14.3 Å². The zero-order valence-electron chi connectivity index (χ0n) is 16.2. The van der Waals surface area contributed by atoms with Gasteiger partial charge < -0.3 is 14.8 Å². The van der Waals surface area contributed by atoms with Crippen molar-refractivity contribution in [1.82, 2.24) is 0 Å². The largest absolute Gasteiger partial charge is 0.495 e. The second kappa shape index (κ2) is 9.19. The molecule has 1 heterocycles. The molecule has 0 aromatic heterocycles. The average molecular weight is 449 g/mol. The topological polar surface area (TPSA) is 84.9 Å². The van der Waals surface area contributed by atoms with E-state index in [1.54, 1.807) is 30.3 Å². The number of nitrogens with one attached hydrogen (secondary N) is 1. The third-order valence-corrected chi connectivity index (χ3v) is 4.80. The quantitative estimate of drug-likeness (QED) is 0.500. The van der Waals surface area contributed by atoms with Crippen molar-refractivity contribution in [2.24, 2.45) is 0 Å². The SMILES string of the molecule is CCCOC(=O)c1cccc(NC2=C(Cl)C(=O)N(c3cc(Cl)ccc3OC)C2=O)c1. The Bertz CT molecular complexity index is 1050. The first-order valence-corrected chi connectivity index (χ1v) is 9.79. The summed E-state index contributed by atoms with van der Waals surface area (Å²) in [5, 5.41) is 2.86. The predicted molar refractivity (Wildman–Crippen MR) is 114 cm³/mol. The number of hydrogen-bond acceptors (Lipinski definition) is 6. The Morgan fingerprint density at radius 3 is 2.57 bits per heavy atom. The van der Waals surface area contributed by atoms with E-state index in [2.05, 4.69) is 5.32 Å². The number of carbonyl (C=O) groups excluding carboxylic acids is 3. The van der Waals surface area contributed by atoms with Gasteiger partial charge in [0.05, 0.1) is 25.0 Å². The first-order valence-electron chi connectivity index (χ1n) is 9.03. The molecule has 0 spiro atoms. The summed E-state index contributed by atoms with van der Waals surface area (Å²) >= 11 is 12.2. The van der Waals surface area contributed by atoms with Gasteiger partial charge in [0.25, 0.3) is 11.8 Å². The van der Waals surface area contributed by atoms with Crippen molar-refractivity contribution in [3.8, 4) is 5.75 Å². The second-order valence-corrected chi connectivity index (χ2v) is 7.11. The number of halogens is 2. The summed E-state index contributed by atoms with van der Waals surface area (Å²) in [4.78, 5) is 38.6. The van der Waals surface area contributed by atoms with Crippen LogP contribution in [0.2, 0.25) is 5.02 Å². The number of ether oxygens (including phenoxy) is 2. The summed E-state index contributed by atoms with van der Waals surface area (Å²) in [5.41, 5.74) is 0.750. The van der Waals surface area contributed by atoms with E-state index in [1.807, 2.05) is 6.92 Å². The molecule has 156 valence electrons. The van der Waals surface area contributed by atoms with Crippen LogP contribution in [0.4, 0.5) is 11.4 Å². The van der Waals surface area contributed by atoms with E-state index in [9.17, 15) is 14.4 Å². The van der Waals surface area contributed by atoms with Crippen LogP contribution >= 0.6 is 23.2 Å². The number of methoxy groups -OCH3 is 1. The number of benzene rings is 2. The van der Waals surface area contributed by atoms with Gasteiger partial charge >= 0.3 is 5.97 Å². The van der Waals surface area contributed by atoms with Gasteiger partial charge in [-0.1, -0.05) is 36.2 Å². The zero-order valence-corrected chi connectivity index (χ0v) is 17.7. The highest BCUT2D eigenvalue weighted by Crippen LogP contribution is 2.37. The Morgan fingerprint density at radius 1 is 1.10 bits per heavy atom. The summed E-state index contributed by atoms with van der Waals surface area (Å²) in [6.07, 6.45) is 0.700. The lowest BCUT2D eigenvalue weighted by molar-refractivity contribution is -0.120. The Morgan fingerprint density at radius 2 is 1.87 bits per heavy atom. The molecule has 2 aromatic carbocycles. The van der Waals surface area contributed by atoms with Crippen LogP contribution in [0.1, 0.15) is 23.7 Å². The molecule has 3 rings (SSSR count). The number of imide groups is 1. The molecule has 0 radical (unpaired) electrons. The van der Waals surface area contributed by atoms with Gasteiger partial charge in [0.2, 0.25) is 0 Å². The van der Waals surface area contributed by atoms with Crippen molar-refractivity contribution in [3.63, 3.8) is 0 Å². The smallest absolute Gasteiger partial charge is 0.338 e. The van der Waals surface area contributed by atoms with E-state index in [0.29, 0.717) is 29.3 Å². The van der Waals surface area contributed by atoms with Crippen molar-refractivity contribution in [2.75, 3.05) is 23.9 Å². The average Bonchev–Trinajstić information content (AvgIpc) is 2.95.